The van der Waals surface area contributed by atoms with Crippen molar-refractivity contribution in [3.8, 4) is 0 Å². The van der Waals surface area contributed by atoms with Crippen LogP contribution in [0.25, 0.3) is 0 Å². The average Bonchev–Trinajstić information content (AvgIpc) is 2.37. The van der Waals surface area contributed by atoms with Crippen LogP contribution in [0.4, 0.5) is 0 Å². The highest BCUT2D eigenvalue weighted by atomic mass is 35.5. The van der Waals surface area contributed by atoms with Crippen LogP contribution < -0.4 is 10.0 Å². The quantitative estimate of drug-likeness (QED) is 0.712. The molecular weight excluding hydrogens is 288 g/mol. The predicted octanol–water partition coefficient (Wildman–Crippen LogP) is 1.37. The van der Waals surface area contributed by atoms with Gasteiger partial charge in [0.15, 0.2) is 0 Å². The lowest BCUT2D eigenvalue weighted by molar-refractivity contribution is 0.153. The van der Waals surface area contributed by atoms with Gasteiger partial charge in [0.05, 0.1) is 11.5 Å². The molecule has 0 bridgehead atoms. The number of halogens is 1. The van der Waals surface area contributed by atoms with Gasteiger partial charge in [-0.3, -0.25) is 0 Å². The number of benzene rings is 1. The second-order valence-electron chi connectivity index (χ2n) is 3.88. The first-order valence-electron chi connectivity index (χ1n) is 6.01. The zero-order valence-corrected chi connectivity index (χ0v) is 12.6. The van der Waals surface area contributed by atoms with Crippen LogP contribution in [0.5, 0.6) is 0 Å². The second-order valence-corrected chi connectivity index (χ2v) is 6.05. The molecular formula is C12H19ClN2O3S. The van der Waals surface area contributed by atoms with Crippen molar-refractivity contribution in [2.75, 3.05) is 26.8 Å². The molecule has 0 fully saturated rings. The third-order valence-corrected chi connectivity index (χ3v) is 4.26. The molecule has 1 aromatic rings. The molecule has 0 atom stereocenters. The lowest BCUT2D eigenvalue weighted by Crippen LogP contribution is -2.27. The summed E-state index contributed by atoms with van der Waals surface area (Å²) in [5.41, 5.74) is 0.747. The van der Waals surface area contributed by atoms with Crippen molar-refractivity contribution in [2.45, 2.75) is 18.4 Å². The van der Waals surface area contributed by atoms with E-state index >= 15 is 0 Å². The summed E-state index contributed by atoms with van der Waals surface area (Å²) < 4.78 is 31.6. The molecule has 5 nitrogen and oxygen atoms in total. The van der Waals surface area contributed by atoms with E-state index in [1.807, 2.05) is 6.92 Å². The predicted molar refractivity (Wildman–Crippen MR) is 75.9 cm³/mol. The maximum Gasteiger partial charge on any atom is 0.240 e. The number of nitrogens with one attached hydrogen (secondary N) is 2. The number of hydrogen-bond donors (Lipinski definition) is 2. The molecule has 0 heterocycles. The molecule has 2 N–H and O–H groups in total. The van der Waals surface area contributed by atoms with Crippen LogP contribution in [-0.2, 0) is 21.3 Å². The van der Waals surface area contributed by atoms with Crippen molar-refractivity contribution in [1.82, 2.24) is 10.0 Å². The SMILES string of the molecule is CCOCCNS(=O)(=O)c1ccc(Cl)c(CNC)c1. The van der Waals surface area contributed by atoms with E-state index < -0.39 is 10.0 Å². The van der Waals surface area contributed by atoms with E-state index in [2.05, 4.69) is 10.0 Å². The molecule has 7 heteroatoms. The van der Waals surface area contributed by atoms with Gasteiger partial charge in [-0.15, -0.1) is 0 Å². The highest BCUT2D eigenvalue weighted by molar-refractivity contribution is 7.89. The number of rotatable bonds is 8. The molecule has 0 aromatic heterocycles. The summed E-state index contributed by atoms with van der Waals surface area (Å²) in [6.07, 6.45) is 0. The van der Waals surface area contributed by atoms with E-state index in [1.165, 1.54) is 6.07 Å². The number of ether oxygens (including phenoxy) is 1. The first-order chi connectivity index (χ1) is 9.01. The van der Waals surface area contributed by atoms with Gasteiger partial charge in [0.25, 0.3) is 0 Å². The molecule has 1 rings (SSSR count). The molecule has 0 amide bonds. The second kappa shape index (κ2) is 7.81. The molecule has 0 aliphatic carbocycles. The summed E-state index contributed by atoms with van der Waals surface area (Å²) in [5.74, 6) is 0. The van der Waals surface area contributed by atoms with E-state index in [9.17, 15) is 8.42 Å². The van der Waals surface area contributed by atoms with Crippen LogP contribution in [0.1, 0.15) is 12.5 Å². The van der Waals surface area contributed by atoms with Crippen LogP contribution in [-0.4, -0.2) is 35.2 Å². The fourth-order valence-electron chi connectivity index (χ4n) is 1.52. The smallest absolute Gasteiger partial charge is 0.240 e. The van der Waals surface area contributed by atoms with Crippen molar-refractivity contribution >= 4 is 21.6 Å². The van der Waals surface area contributed by atoms with E-state index in [-0.39, 0.29) is 11.4 Å². The Morgan fingerprint density at radius 1 is 1.37 bits per heavy atom. The van der Waals surface area contributed by atoms with Crippen molar-refractivity contribution in [2.24, 2.45) is 0 Å². The van der Waals surface area contributed by atoms with Crippen molar-refractivity contribution in [1.29, 1.82) is 0 Å². The monoisotopic (exact) mass is 306 g/mol. The van der Waals surface area contributed by atoms with E-state index in [4.69, 9.17) is 16.3 Å². The average molecular weight is 307 g/mol. The Morgan fingerprint density at radius 3 is 2.74 bits per heavy atom. The van der Waals surface area contributed by atoms with Crippen molar-refractivity contribution < 1.29 is 13.2 Å². The summed E-state index contributed by atoms with van der Waals surface area (Å²) >= 11 is 6.00. The summed E-state index contributed by atoms with van der Waals surface area (Å²) in [7, 11) is -1.74. The maximum absolute atomic E-state index is 12.0. The minimum Gasteiger partial charge on any atom is -0.380 e. The summed E-state index contributed by atoms with van der Waals surface area (Å²) in [6.45, 7) is 3.54. The lowest BCUT2D eigenvalue weighted by atomic mass is 10.2. The molecule has 0 aliphatic rings. The Morgan fingerprint density at radius 2 is 2.11 bits per heavy atom. The molecule has 0 unspecified atom stereocenters. The zero-order valence-electron chi connectivity index (χ0n) is 11.1. The number of sulfonamides is 1. The van der Waals surface area contributed by atoms with Gasteiger partial charge in [0, 0.05) is 24.7 Å². The Bertz CT molecular complexity index is 506. The zero-order chi connectivity index (χ0) is 14.3. The van der Waals surface area contributed by atoms with E-state index in [0.29, 0.717) is 24.8 Å². The Kier molecular flexibility index (Phi) is 6.74. The van der Waals surface area contributed by atoms with Gasteiger partial charge in [-0.2, -0.15) is 0 Å². The summed E-state index contributed by atoms with van der Waals surface area (Å²) in [6, 6.07) is 4.65. The first-order valence-corrected chi connectivity index (χ1v) is 7.87. The molecule has 0 saturated carbocycles. The Balaban J connectivity index is 2.80. The van der Waals surface area contributed by atoms with Gasteiger partial charge in [0.2, 0.25) is 10.0 Å². The topological polar surface area (TPSA) is 67.4 Å². The first kappa shape index (κ1) is 16.4. The highest BCUT2D eigenvalue weighted by Gasteiger charge is 2.14. The molecule has 108 valence electrons. The third-order valence-electron chi connectivity index (χ3n) is 2.44. The number of hydrogen-bond acceptors (Lipinski definition) is 4. The van der Waals surface area contributed by atoms with E-state index in [0.717, 1.165) is 5.56 Å². The van der Waals surface area contributed by atoms with Crippen LogP contribution in [0.2, 0.25) is 5.02 Å². The fourth-order valence-corrected chi connectivity index (χ4v) is 2.77. The minimum atomic E-state index is -3.51. The lowest BCUT2D eigenvalue weighted by Gasteiger charge is -2.09. The largest absolute Gasteiger partial charge is 0.380 e. The molecule has 0 aliphatic heterocycles. The normalized spacial score (nSPS) is 11.7. The van der Waals surface area contributed by atoms with Crippen LogP contribution in [0.3, 0.4) is 0 Å². The molecule has 19 heavy (non-hydrogen) atoms. The molecule has 0 saturated heterocycles. The summed E-state index contributed by atoms with van der Waals surface area (Å²) in [5, 5.41) is 3.49. The van der Waals surface area contributed by atoms with Crippen molar-refractivity contribution in [3.63, 3.8) is 0 Å². The van der Waals surface area contributed by atoms with Crippen LogP contribution in [0, 0.1) is 0 Å². The van der Waals surface area contributed by atoms with Crippen molar-refractivity contribution in [3.05, 3.63) is 28.8 Å². The molecule has 1 aromatic carbocycles. The minimum absolute atomic E-state index is 0.207. The molecule has 0 spiro atoms. The van der Waals surface area contributed by atoms with Gasteiger partial charge in [-0.25, -0.2) is 13.1 Å². The van der Waals surface area contributed by atoms with Gasteiger partial charge < -0.3 is 10.1 Å². The van der Waals surface area contributed by atoms with Gasteiger partial charge >= 0.3 is 0 Å². The van der Waals surface area contributed by atoms with Crippen LogP contribution >= 0.6 is 11.6 Å². The third kappa shape index (κ3) is 5.08. The van der Waals surface area contributed by atoms with Gasteiger partial charge in [-0.1, -0.05) is 11.6 Å². The highest BCUT2D eigenvalue weighted by Crippen LogP contribution is 2.20. The van der Waals surface area contributed by atoms with E-state index in [1.54, 1.807) is 19.2 Å². The Labute approximate surface area is 119 Å². The fraction of sp³-hybridized carbons (Fsp3) is 0.500. The standard InChI is InChI=1S/C12H19ClN2O3S/c1-3-18-7-6-15-19(16,17)11-4-5-12(13)10(8-11)9-14-2/h4-5,8,14-15H,3,6-7,9H2,1-2H3. The van der Waals surface area contributed by atoms with Gasteiger partial charge in [0.1, 0.15) is 0 Å². The van der Waals surface area contributed by atoms with Gasteiger partial charge in [-0.05, 0) is 37.7 Å². The Hall–Kier alpha value is -0.660. The maximum atomic E-state index is 12.0. The molecule has 0 radical (unpaired) electrons. The summed E-state index contributed by atoms with van der Waals surface area (Å²) in [4.78, 5) is 0.207. The van der Waals surface area contributed by atoms with Crippen LogP contribution in [0.15, 0.2) is 23.1 Å².